The quantitative estimate of drug-likeness (QED) is 0.612. The van der Waals surface area contributed by atoms with E-state index in [-0.39, 0.29) is 12.0 Å². The van der Waals surface area contributed by atoms with Crippen molar-refractivity contribution in [3.8, 4) is 0 Å². The molecule has 7 nitrogen and oxygen atoms in total. The summed E-state index contributed by atoms with van der Waals surface area (Å²) < 4.78 is 5.48. The van der Waals surface area contributed by atoms with Gasteiger partial charge in [0.25, 0.3) is 5.91 Å². The molecule has 154 valence electrons. The number of nitrogens with zero attached hydrogens (tertiary/aromatic N) is 3. The molecular formula is C20H36N4O3. The Morgan fingerprint density at radius 3 is 2.63 bits per heavy atom. The van der Waals surface area contributed by atoms with Gasteiger partial charge in [-0.15, -0.1) is 0 Å². The first-order chi connectivity index (χ1) is 13.0. The lowest BCUT2D eigenvalue weighted by Crippen LogP contribution is -2.48. The van der Waals surface area contributed by atoms with E-state index in [1.165, 1.54) is 6.26 Å². The Morgan fingerprint density at radius 1 is 1.26 bits per heavy atom. The number of amides is 1. The Balaban J connectivity index is 1.70. The maximum Gasteiger partial charge on any atom is 0.273 e. The Morgan fingerprint density at radius 2 is 1.96 bits per heavy atom. The van der Waals surface area contributed by atoms with Gasteiger partial charge in [0, 0.05) is 39.3 Å². The standard InChI is InChI=1S/C20H36N4O3/c1-4-5-6-17(25)13-23-9-11-24(12-10-23)14-19-22-18(15-27-19)20(26)21-8-7-16(2)3/h15-17,25H,4-14H2,1-3H3,(H,21,26)/t17-/m1/s1. The maximum atomic E-state index is 12.1. The number of aromatic nitrogens is 1. The molecule has 0 radical (unpaired) electrons. The van der Waals surface area contributed by atoms with E-state index in [0.717, 1.165) is 58.4 Å². The molecule has 1 aliphatic rings. The van der Waals surface area contributed by atoms with Crippen LogP contribution >= 0.6 is 0 Å². The van der Waals surface area contributed by atoms with Crippen molar-refractivity contribution in [1.29, 1.82) is 0 Å². The van der Waals surface area contributed by atoms with Gasteiger partial charge in [0.05, 0.1) is 12.6 Å². The minimum Gasteiger partial charge on any atom is -0.447 e. The van der Waals surface area contributed by atoms with Gasteiger partial charge in [-0.1, -0.05) is 33.6 Å². The van der Waals surface area contributed by atoms with Crippen molar-refractivity contribution in [3.63, 3.8) is 0 Å². The largest absolute Gasteiger partial charge is 0.447 e. The van der Waals surface area contributed by atoms with Gasteiger partial charge in [-0.05, 0) is 18.8 Å². The second-order valence-electron chi connectivity index (χ2n) is 7.94. The predicted octanol–water partition coefficient (Wildman–Crippen LogP) is 2.12. The molecule has 7 heteroatoms. The number of nitrogens with one attached hydrogen (secondary N) is 1. The molecular weight excluding hydrogens is 344 g/mol. The molecule has 1 aromatic heterocycles. The first-order valence-corrected chi connectivity index (χ1v) is 10.3. The van der Waals surface area contributed by atoms with Gasteiger partial charge in [-0.2, -0.15) is 0 Å². The molecule has 2 N–H and O–H groups in total. The van der Waals surface area contributed by atoms with Crippen LogP contribution in [0.2, 0.25) is 0 Å². The van der Waals surface area contributed by atoms with Crippen LogP contribution in [0.3, 0.4) is 0 Å². The Kier molecular flexibility index (Phi) is 9.24. The van der Waals surface area contributed by atoms with Gasteiger partial charge in [0.15, 0.2) is 5.69 Å². The molecule has 1 saturated heterocycles. The Labute approximate surface area is 163 Å². The number of carbonyl (C=O) groups excluding carboxylic acids is 1. The summed E-state index contributed by atoms with van der Waals surface area (Å²) in [5.74, 6) is 0.974. The van der Waals surface area contributed by atoms with Crippen molar-refractivity contribution < 1.29 is 14.3 Å². The molecule has 2 heterocycles. The highest BCUT2D eigenvalue weighted by molar-refractivity contribution is 5.91. The lowest BCUT2D eigenvalue weighted by molar-refractivity contribution is 0.0627. The first kappa shape index (κ1) is 21.9. The molecule has 0 aromatic carbocycles. The summed E-state index contributed by atoms with van der Waals surface area (Å²) >= 11 is 0. The van der Waals surface area contributed by atoms with E-state index in [0.29, 0.717) is 30.6 Å². The molecule has 0 unspecified atom stereocenters. The predicted molar refractivity (Wildman–Crippen MR) is 106 cm³/mol. The molecule has 1 fully saturated rings. The topological polar surface area (TPSA) is 81.8 Å². The van der Waals surface area contributed by atoms with Gasteiger partial charge in [0.1, 0.15) is 6.26 Å². The van der Waals surface area contributed by atoms with Crippen molar-refractivity contribution in [2.45, 2.75) is 59.1 Å². The zero-order valence-corrected chi connectivity index (χ0v) is 17.1. The number of hydrogen-bond donors (Lipinski definition) is 2. The van der Waals surface area contributed by atoms with Gasteiger partial charge in [0.2, 0.25) is 5.89 Å². The van der Waals surface area contributed by atoms with E-state index in [2.05, 4.69) is 40.9 Å². The number of unbranched alkanes of at least 4 members (excludes halogenated alkanes) is 1. The van der Waals surface area contributed by atoms with E-state index >= 15 is 0 Å². The number of rotatable bonds is 11. The van der Waals surface area contributed by atoms with Crippen LogP contribution in [0.4, 0.5) is 0 Å². The van der Waals surface area contributed by atoms with Crippen LogP contribution < -0.4 is 5.32 Å². The summed E-state index contributed by atoms with van der Waals surface area (Å²) in [5.41, 5.74) is 0.353. The summed E-state index contributed by atoms with van der Waals surface area (Å²) in [6.45, 7) is 12.1. The number of aliphatic hydroxyl groups excluding tert-OH is 1. The smallest absolute Gasteiger partial charge is 0.273 e. The van der Waals surface area contributed by atoms with Crippen LogP contribution in [0.5, 0.6) is 0 Å². The van der Waals surface area contributed by atoms with Gasteiger partial charge in [-0.25, -0.2) is 4.98 Å². The van der Waals surface area contributed by atoms with Crippen molar-refractivity contribution in [3.05, 3.63) is 17.8 Å². The Bertz CT molecular complexity index is 553. The second-order valence-corrected chi connectivity index (χ2v) is 7.94. The van der Waals surface area contributed by atoms with Crippen LogP contribution in [0.1, 0.15) is 62.8 Å². The fraction of sp³-hybridized carbons (Fsp3) is 0.800. The van der Waals surface area contributed by atoms with Gasteiger partial charge >= 0.3 is 0 Å². The first-order valence-electron chi connectivity index (χ1n) is 10.3. The third-order valence-corrected chi connectivity index (χ3v) is 4.98. The zero-order chi connectivity index (χ0) is 19.6. The zero-order valence-electron chi connectivity index (χ0n) is 17.1. The van der Waals surface area contributed by atoms with E-state index in [4.69, 9.17) is 4.42 Å². The highest BCUT2D eigenvalue weighted by atomic mass is 16.3. The fourth-order valence-electron chi connectivity index (χ4n) is 3.20. The number of hydrogen-bond acceptors (Lipinski definition) is 6. The average Bonchev–Trinajstić information content (AvgIpc) is 3.10. The van der Waals surface area contributed by atoms with Crippen LogP contribution in [0, 0.1) is 5.92 Å². The molecule has 1 amide bonds. The third-order valence-electron chi connectivity index (χ3n) is 4.98. The van der Waals surface area contributed by atoms with E-state index in [9.17, 15) is 9.90 Å². The van der Waals surface area contributed by atoms with Gasteiger partial charge in [-0.3, -0.25) is 14.6 Å². The SMILES string of the molecule is CCCC[C@@H](O)CN1CCN(Cc2nc(C(=O)NCCC(C)C)co2)CC1. The van der Waals surface area contributed by atoms with Crippen LogP contribution in [0.15, 0.2) is 10.7 Å². The highest BCUT2D eigenvalue weighted by Gasteiger charge is 2.21. The van der Waals surface area contributed by atoms with E-state index in [1.807, 2.05) is 0 Å². The Hall–Kier alpha value is -1.44. The fourth-order valence-corrected chi connectivity index (χ4v) is 3.20. The van der Waals surface area contributed by atoms with Gasteiger partial charge < -0.3 is 14.8 Å². The summed E-state index contributed by atoms with van der Waals surface area (Å²) in [4.78, 5) is 21.0. The van der Waals surface area contributed by atoms with E-state index < -0.39 is 0 Å². The molecule has 0 spiro atoms. The van der Waals surface area contributed by atoms with Crippen LogP contribution in [-0.4, -0.2) is 71.2 Å². The monoisotopic (exact) mass is 380 g/mol. The van der Waals surface area contributed by atoms with Crippen LogP contribution in [0.25, 0.3) is 0 Å². The van der Waals surface area contributed by atoms with Crippen molar-refractivity contribution in [1.82, 2.24) is 20.1 Å². The minimum atomic E-state index is -0.222. The van der Waals surface area contributed by atoms with E-state index in [1.54, 1.807) is 0 Å². The lowest BCUT2D eigenvalue weighted by Gasteiger charge is -2.35. The molecule has 1 aromatic rings. The molecule has 1 atom stereocenters. The minimum absolute atomic E-state index is 0.170. The molecule has 0 bridgehead atoms. The summed E-state index contributed by atoms with van der Waals surface area (Å²) in [7, 11) is 0. The van der Waals surface area contributed by atoms with Crippen molar-refractivity contribution >= 4 is 5.91 Å². The summed E-state index contributed by atoms with van der Waals surface area (Å²) in [5, 5.41) is 12.9. The van der Waals surface area contributed by atoms with Crippen molar-refractivity contribution in [2.75, 3.05) is 39.3 Å². The lowest BCUT2D eigenvalue weighted by atomic mass is 10.1. The van der Waals surface area contributed by atoms with Crippen molar-refractivity contribution in [2.24, 2.45) is 5.92 Å². The number of oxazole rings is 1. The third kappa shape index (κ3) is 7.99. The molecule has 0 aliphatic carbocycles. The average molecular weight is 381 g/mol. The highest BCUT2D eigenvalue weighted by Crippen LogP contribution is 2.11. The maximum absolute atomic E-state index is 12.1. The second kappa shape index (κ2) is 11.4. The molecule has 1 aliphatic heterocycles. The molecule has 27 heavy (non-hydrogen) atoms. The summed E-state index contributed by atoms with van der Waals surface area (Å²) in [6, 6.07) is 0. The number of aliphatic hydroxyl groups is 1. The van der Waals surface area contributed by atoms with Crippen LogP contribution in [-0.2, 0) is 6.54 Å². The normalized spacial score (nSPS) is 17.4. The number of piperazine rings is 1. The molecule has 2 rings (SSSR count). The summed E-state index contributed by atoms with van der Waals surface area (Å²) in [6.07, 6.45) is 5.26. The number of β-amino-alcohol motifs (C(OH)–C–C–N with tert-alkyl or cyclic N) is 1. The number of carbonyl (C=O) groups is 1. The molecule has 0 saturated carbocycles.